The average molecular weight is 154 g/mol. The molecule has 0 fully saturated rings. The summed E-state index contributed by atoms with van der Waals surface area (Å²) >= 11 is 0. The van der Waals surface area contributed by atoms with Gasteiger partial charge in [-0.25, -0.2) is 4.79 Å². The van der Waals surface area contributed by atoms with Gasteiger partial charge in [-0.05, 0) is 13.8 Å². The molecule has 0 spiro atoms. The Kier molecular flexibility index (Phi) is 2.71. The van der Waals surface area contributed by atoms with Gasteiger partial charge in [-0.15, -0.1) is 0 Å². The number of halogens is 2. The zero-order valence-corrected chi connectivity index (χ0v) is 5.60. The van der Waals surface area contributed by atoms with E-state index in [9.17, 15) is 13.6 Å². The second-order valence-electron chi connectivity index (χ2n) is 2.19. The molecule has 0 amide bonds. The van der Waals surface area contributed by atoms with Crippen LogP contribution in [0.1, 0.15) is 13.8 Å². The Balaban J connectivity index is 4.00. The topological polar surface area (TPSA) is 46.5 Å². The van der Waals surface area contributed by atoms with E-state index in [1.54, 1.807) is 0 Å². The molecule has 0 bridgehead atoms. The molecule has 0 unspecified atom stereocenters. The van der Waals surface area contributed by atoms with Gasteiger partial charge in [0.25, 0.3) is 0 Å². The van der Waals surface area contributed by atoms with Gasteiger partial charge in [0, 0.05) is 0 Å². The van der Waals surface area contributed by atoms with Crippen LogP contribution in [-0.4, -0.2) is 23.3 Å². The number of carboxylic acid groups (broad SMARTS) is 1. The van der Waals surface area contributed by atoms with Gasteiger partial charge in [0.2, 0.25) is 0 Å². The van der Waals surface area contributed by atoms with Gasteiger partial charge < -0.3 is 9.84 Å². The summed E-state index contributed by atoms with van der Waals surface area (Å²) in [5.74, 6) is -1.41. The van der Waals surface area contributed by atoms with Crippen molar-refractivity contribution in [3.8, 4) is 0 Å². The van der Waals surface area contributed by atoms with E-state index < -0.39 is 18.2 Å². The van der Waals surface area contributed by atoms with Crippen molar-refractivity contribution in [3.63, 3.8) is 0 Å². The summed E-state index contributed by atoms with van der Waals surface area (Å²) < 4.78 is 26.6. The van der Waals surface area contributed by atoms with Gasteiger partial charge in [-0.1, -0.05) is 0 Å². The molecule has 0 saturated carbocycles. The predicted molar refractivity (Wildman–Crippen MR) is 28.8 cm³/mol. The highest BCUT2D eigenvalue weighted by Crippen LogP contribution is 2.13. The molecule has 3 nitrogen and oxygen atoms in total. The fourth-order valence-corrected chi connectivity index (χ4v) is 0.273. The van der Waals surface area contributed by atoms with E-state index >= 15 is 0 Å². The van der Waals surface area contributed by atoms with Crippen LogP contribution in [0.25, 0.3) is 0 Å². The van der Waals surface area contributed by atoms with Crippen molar-refractivity contribution in [2.24, 2.45) is 0 Å². The summed E-state index contributed by atoms with van der Waals surface area (Å²) in [4.78, 5) is 10.1. The third-order valence-corrected chi connectivity index (χ3v) is 0.899. The van der Waals surface area contributed by atoms with E-state index in [0.29, 0.717) is 0 Å². The molecule has 60 valence electrons. The van der Waals surface area contributed by atoms with E-state index in [2.05, 4.69) is 4.74 Å². The van der Waals surface area contributed by atoms with Gasteiger partial charge >= 0.3 is 12.6 Å². The molecule has 0 saturated heterocycles. The van der Waals surface area contributed by atoms with Gasteiger partial charge in [0.15, 0.2) is 5.60 Å². The summed E-state index contributed by atoms with van der Waals surface area (Å²) in [6, 6.07) is 0. The molecule has 0 aliphatic heterocycles. The smallest absolute Gasteiger partial charge is 0.346 e. The molecule has 0 radical (unpaired) electrons. The number of ether oxygens (including phenoxy) is 1. The molecule has 0 aliphatic carbocycles. The lowest BCUT2D eigenvalue weighted by atomic mass is 10.1. The number of alkyl halides is 2. The first-order valence-corrected chi connectivity index (χ1v) is 2.55. The normalized spacial score (nSPS) is 12.1. The summed E-state index contributed by atoms with van der Waals surface area (Å²) in [5.41, 5.74) is -1.81. The third kappa shape index (κ3) is 2.72. The average Bonchev–Trinajstić information content (AvgIpc) is 1.60. The second kappa shape index (κ2) is 2.92. The first-order chi connectivity index (χ1) is 4.36. The van der Waals surface area contributed by atoms with Crippen LogP contribution in [0.4, 0.5) is 8.78 Å². The highest BCUT2D eigenvalue weighted by atomic mass is 19.3. The molecule has 0 aromatic carbocycles. The van der Waals surface area contributed by atoms with Gasteiger partial charge in [-0.2, -0.15) is 8.78 Å². The highest BCUT2D eigenvalue weighted by Gasteiger charge is 2.31. The van der Waals surface area contributed by atoms with Crippen LogP contribution in [0.15, 0.2) is 0 Å². The Morgan fingerprint density at radius 1 is 1.60 bits per heavy atom. The Labute approximate surface area is 56.6 Å². The van der Waals surface area contributed by atoms with Crippen molar-refractivity contribution in [2.75, 3.05) is 0 Å². The van der Waals surface area contributed by atoms with Crippen LogP contribution in [0.5, 0.6) is 0 Å². The number of carboxylic acids is 1. The Morgan fingerprint density at radius 2 is 2.00 bits per heavy atom. The Morgan fingerprint density at radius 3 is 2.10 bits per heavy atom. The maximum absolute atomic E-state index is 11.4. The van der Waals surface area contributed by atoms with Crippen molar-refractivity contribution < 1.29 is 23.4 Å². The van der Waals surface area contributed by atoms with Crippen LogP contribution in [0.3, 0.4) is 0 Å². The van der Waals surface area contributed by atoms with E-state index in [4.69, 9.17) is 5.11 Å². The molecule has 0 atom stereocenters. The largest absolute Gasteiger partial charge is 0.479 e. The van der Waals surface area contributed by atoms with Crippen molar-refractivity contribution in [1.82, 2.24) is 0 Å². The first kappa shape index (κ1) is 9.29. The number of aliphatic carboxylic acids is 1. The minimum Gasteiger partial charge on any atom is -0.479 e. The fourth-order valence-electron chi connectivity index (χ4n) is 0.273. The quantitative estimate of drug-likeness (QED) is 0.661. The van der Waals surface area contributed by atoms with Crippen molar-refractivity contribution in [3.05, 3.63) is 0 Å². The van der Waals surface area contributed by atoms with E-state index in [0.717, 1.165) is 13.8 Å². The lowest BCUT2D eigenvalue weighted by Gasteiger charge is -2.18. The molecular formula is C5H8F2O3. The summed E-state index contributed by atoms with van der Waals surface area (Å²) in [6.07, 6.45) is 0. The van der Waals surface area contributed by atoms with Crippen LogP contribution >= 0.6 is 0 Å². The Bertz CT molecular complexity index is 133. The minimum atomic E-state index is -3.05. The number of hydrogen-bond acceptors (Lipinski definition) is 2. The Hall–Kier alpha value is -0.710. The molecule has 1 N–H and O–H groups in total. The number of carbonyl (C=O) groups is 1. The molecule has 0 aliphatic rings. The minimum absolute atomic E-state index is 1.06. The lowest BCUT2D eigenvalue weighted by molar-refractivity contribution is -0.211. The van der Waals surface area contributed by atoms with Gasteiger partial charge in [0.1, 0.15) is 0 Å². The number of hydrogen-bond donors (Lipinski definition) is 1. The summed E-state index contributed by atoms with van der Waals surface area (Å²) in [7, 11) is 0. The van der Waals surface area contributed by atoms with E-state index in [-0.39, 0.29) is 0 Å². The van der Waals surface area contributed by atoms with Gasteiger partial charge in [0.05, 0.1) is 0 Å². The lowest BCUT2D eigenvalue weighted by Crippen LogP contribution is -2.36. The monoisotopic (exact) mass is 154 g/mol. The SMILES string of the molecule is CC(C)(OC(F)F)C(=O)O. The van der Waals surface area contributed by atoms with Crippen LogP contribution in [0.2, 0.25) is 0 Å². The van der Waals surface area contributed by atoms with Crippen LogP contribution < -0.4 is 0 Å². The van der Waals surface area contributed by atoms with Crippen molar-refractivity contribution in [2.45, 2.75) is 26.1 Å². The molecule has 0 rings (SSSR count). The standard InChI is InChI=1S/C5H8F2O3/c1-5(2,3(8)9)10-4(6)7/h4H,1-2H3,(H,8,9). The third-order valence-electron chi connectivity index (χ3n) is 0.899. The van der Waals surface area contributed by atoms with Crippen LogP contribution in [0, 0.1) is 0 Å². The molecule has 5 heteroatoms. The molecule has 0 aromatic heterocycles. The van der Waals surface area contributed by atoms with Crippen molar-refractivity contribution in [1.29, 1.82) is 0 Å². The van der Waals surface area contributed by atoms with E-state index in [1.807, 2.05) is 0 Å². The van der Waals surface area contributed by atoms with Crippen molar-refractivity contribution >= 4 is 5.97 Å². The van der Waals surface area contributed by atoms with Gasteiger partial charge in [-0.3, -0.25) is 0 Å². The highest BCUT2D eigenvalue weighted by molar-refractivity contribution is 5.76. The molecule has 0 aromatic rings. The predicted octanol–water partition coefficient (Wildman–Crippen LogP) is 1.09. The maximum Gasteiger partial charge on any atom is 0.346 e. The second-order valence-corrected chi connectivity index (χ2v) is 2.19. The van der Waals surface area contributed by atoms with E-state index in [1.165, 1.54) is 0 Å². The molecule has 0 heterocycles. The molecule has 10 heavy (non-hydrogen) atoms. The summed E-state index contributed by atoms with van der Waals surface area (Å²) in [6.45, 7) is -0.936. The zero-order valence-electron chi connectivity index (χ0n) is 5.60. The fraction of sp³-hybridized carbons (Fsp3) is 0.800. The zero-order chi connectivity index (χ0) is 8.36. The first-order valence-electron chi connectivity index (χ1n) is 2.55. The molecular weight excluding hydrogens is 146 g/mol. The maximum atomic E-state index is 11.4. The number of rotatable bonds is 3. The summed E-state index contributed by atoms with van der Waals surface area (Å²) in [5, 5.41) is 8.23. The van der Waals surface area contributed by atoms with Crippen LogP contribution in [-0.2, 0) is 9.53 Å².